The molecule has 0 bridgehead atoms. The van der Waals surface area contributed by atoms with E-state index in [1.165, 1.54) is 13.2 Å². The highest BCUT2D eigenvalue weighted by molar-refractivity contribution is 5.83. The van der Waals surface area contributed by atoms with Gasteiger partial charge in [-0.3, -0.25) is 0 Å². The van der Waals surface area contributed by atoms with Crippen molar-refractivity contribution in [2.75, 3.05) is 14.2 Å². The van der Waals surface area contributed by atoms with E-state index in [2.05, 4.69) is 5.10 Å². The second-order valence-corrected chi connectivity index (χ2v) is 5.85. The predicted octanol–water partition coefficient (Wildman–Crippen LogP) is 4.85. The second-order valence-electron chi connectivity index (χ2n) is 5.85. The molecule has 0 saturated carbocycles. The highest BCUT2D eigenvalue weighted by Gasteiger charge is 2.14. The van der Waals surface area contributed by atoms with E-state index in [1.54, 1.807) is 24.1 Å². The number of nitrogens with zero attached hydrogens (tertiary/aromatic N) is 2. The molecule has 0 aliphatic carbocycles. The molecule has 0 atom stereocenters. The second kappa shape index (κ2) is 6.52. The SMILES string of the molecule is COc1cc2c(cnn2-c2ccc(-c3ccccc3)cc2OC)cc1F. The van der Waals surface area contributed by atoms with E-state index in [0.29, 0.717) is 11.1 Å². The van der Waals surface area contributed by atoms with Crippen molar-refractivity contribution in [2.45, 2.75) is 0 Å². The highest BCUT2D eigenvalue weighted by Crippen LogP contribution is 2.32. The topological polar surface area (TPSA) is 36.3 Å². The Morgan fingerprint density at radius 3 is 2.35 bits per heavy atom. The highest BCUT2D eigenvalue weighted by atomic mass is 19.1. The zero-order valence-corrected chi connectivity index (χ0v) is 14.4. The predicted molar refractivity (Wildman–Crippen MR) is 99.6 cm³/mol. The molecule has 26 heavy (non-hydrogen) atoms. The molecule has 4 rings (SSSR count). The van der Waals surface area contributed by atoms with Crippen LogP contribution in [0.1, 0.15) is 0 Å². The van der Waals surface area contributed by atoms with Crippen molar-refractivity contribution in [1.29, 1.82) is 0 Å². The molecule has 3 aromatic carbocycles. The smallest absolute Gasteiger partial charge is 0.165 e. The molecule has 0 amide bonds. The van der Waals surface area contributed by atoms with Crippen LogP contribution < -0.4 is 9.47 Å². The number of benzene rings is 3. The molecule has 0 unspecified atom stereocenters. The summed E-state index contributed by atoms with van der Waals surface area (Å²) in [5, 5.41) is 5.10. The van der Waals surface area contributed by atoms with Gasteiger partial charge in [-0.15, -0.1) is 0 Å². The third-order valence-electron chi connectivity index (χ3n) is 4.36. The molecule has 0 aliphatic heterocycles. The van der Waals surface area contributed by atoms with Crippen LogP contribution in [0.5, 0.6) is 11.5 Å². The van der Waals surface area contributed by atoms with Gasteiger partial charge in [0.05, 0.1) is 25.9 Å². The third-order valence-corrected chi connectivity index (χ3v) is 4.36. The van der Waals surface area contributed by atoms with E-state index in [-0.39, 0.29) is 5.75 Å². The van der Waals surface area contributed by atoms with E-state index in [4.69, 9.17) is 9.47 Å². The van der Waals surface area contributed by atoms with Gasteiger partial charge in [-0.1, -0.05) is 36.4 Å². The monoisotopic (exact) mass is 348 g/mol. The molecule has 0 fully saturated rings. The largest absolute Gasteiger partial charge is 0.494 e. The first-order valence-corrected chi connectivity index (χ1v) is 8.16. The molecule has 4 aromatic rings. The summed E-state index contributed by atoms with van der Waals surface area (Å²) in [6, 6.07) is 19.1. The van der Waals surface area contributed by atoms with Gasteiger partial charge in [-0.25, -0.2) is 9.07 Å². The van der Waals surface area contributed by atoms with Crippen LogP contribution in [-0.4, -0.2) is 24.0 Å². The Hall–Kier alpha value is -3.34. The van der Waals surface area contributed by atoms with Crippen LogP contribution >= 0.6 is 0 Å². The number of fused-ring (bicyclic) bond motifs is 1. The Morgan fingerprint density at radius 2 is 1.62 bits per heavy atom. The standard InChI is InChI=1S/C21H17FN2O2/c1-25-20-12-19-16(10-17(20)22)13-23-24(19)18-9-8-15(11-21(18)26-2)14-6-4-3-5-7-14/h3-13H,1-2H3. The molecule has 0 spiro atoms. The maximum atomic E-state index is 13.9. The van der Waals surface area contributed by atoms with Gasteiger partial charge >= 0.3 is 0 Å². The zero-order valence-electron chi connectivity index (χ0n) is 14.4. The lowest BCUT2D eigenvalue weighted by molar-refractivity contribution is 0.387. The number of methoxy groups -OCH3 is 2. The van der Waals surface area contributed by atoms with Gasteiger partial charge in [0.1, 0.15) is 11.4 Å². The first kappa shape index (κ1) is 16.1. The quantitative estimate of drug-likeness (QED) is 0.529. The van der Waals surface area contributed by atoms with Crippen LogP contribution in [0.4, 0.5) is 4.39 Å². The average molecular weight is 348 g/mol. The fraction of sp³-hybridized carbons (Fsp3) is 0.0952. The summed E-state index contributed by atoms with van der Waals surface area (Å²) in [7, 11) is 3.07. The van der Waals surface area contributed by atoms with Gasteiger partial charge in [0.25, 0.3) is 0 Å². The molecule has 0 aliphatic rings. The van der Waals surface area contributed by atoms with Crippen LogP contribution in [0.25, 0.3) is 27.7 Å². The van der Waals surface area contributed by atoms with Crippen molar-refractivity contribution in [3.8, 4) is 28.3 Å². The van der Waals surface area contributed by atoms with Gasteiger partial charge in [0.15, 0.2) is 11.6 Å². The maximum Gasteiger partial charge on any atom is 0.165 e. The lowest BCUT2D eigenvalue weighted by atomic mass is 10.0. The molecule has 130 valence electrons. The summed E-state index contributed by atoms with van der Waals surface area (Å²) in [4.78, 5) is 0. The number of halogens is 1. The number of rotatable bonds is 4. The summed E-state index contributed by atoms with van der Waals surface area (Å²) in [5.74, 6) is 0.449. The zero-order chi connectivity index (χ0) is 18.1. The first-order chi connectivity index (χ1) is 12.7. The molecule has 0 saturated heterocycles. The minimum Gasteiger partial charge on any atom is -0.494 e. The van der Waals surface area contributed by atoms with E-state index >= 15 is 0 Å². The number of aromatic nitrogens is 2. The fourth-order valence-corrected chi connectivity index (χ4v) is 3.04. The van der Waals surface area contributed by atoms with Gasteiger partial charge in [0.2, 0.25) is 0 Å². The summed E-state index contributed by atoms with van der Waals surface area (Å²) >= 11 is 0. The van der Waals surface area contributed by atoms with Crippen LogP contribution in [0.2, 0.25) is 0 Å². The van der Waals surface area contributed by atoms with Gasteiger partial charge in [-0.2, -0.15) is 5.10 Å². The minimum atomic E-state index is -0.411. The summed E-state index contributed by atoms with van der Waals surface area (Å²) < 4.78 is 26.4. The lowest BCUT2D eigenvalue weighted by Crippen LogP contribution is -2.00. The molecule has 0 N–H and O–H groups in total. The normalized spacial score (nSPS) is 10.9. The Kier molecular flexibility index (Phi) is 4.05. The maximum absolute atomic E-state index is 13.9. The number of hydrogen-bond acceptors (Lipinski definition) is 3. The van der Waals surface area contributed by atoms with E-state index in [9.17, 15) is 4.39 Å². The Bertz CT molecular complexity index is 1070. The lowest BCUT2D eigenvalue weighted by Gasteiger charge is -2.12. The average Bonchev–Trinajstić information content (AvgIpc) is 3.09. The molecule has 4 nitrogen and oxygen atoms in total. The Morgan fingerprint density at radius 1 is 0.846 bits per heavy atom. The fourth-order valence-electron chi connectivity index (χ4n) is 3.04. The summed E-state index contributed by atoms with van der Waals surface area (Å²) in [5.41, 5.74) is 3.67. The summed E-state index contributed by atoms with van der Waals surface area (Å²) in [6.07, 6.45) is 1.63. The van der Waals surface area contributed by atoms with Crippen LogP contribution in [0.15, 0.2) is 66.9 Å². The van der Waals surface area contributed by atoms with Crippen LogP contribution in [0.3, 0.4) is 0 Å². The van der Waals surface area contributed by atoms with E-state index in [0.717, 1.165) is 22.3 Å². The van der Waals surface area contributed by atoms with Crippen LogP contribution in [0, 0.1) is 5.82 Å². The van der Waals surface area contributed by atoms with Gasteiger partial charge in [0, 0.05) is 11.5 Å². The van der Waals surface area contributed by atoms with Crippen LogP contribution in [-0.2, 0) is 0 Å². The van der Waals surface area contributed by atoms with E-state index in [1.807, 2.05) is 48.5 Å². The molecule has 0 radical (unpaired) electrons. The molecular formula is C21H17FN2O2. The number of ether oxygens (including phenoxy) is 2. The third kappa shape index (κ3) is 2.67. The van der Waals surface area contributed by atoms with Crippen molar-refractivity contribution in [1.82, 2.24) is 9.78 Å². The number of hydrogen-bond donors (Lipinski definition) is 0. The van der Waals surface area contributed by atoms with Crippen molar-refractivity contribution in [2.24, 2.45) is 0 Å². The molecule has 5 heteroatoms. The molecule has 1 heterocycles. The Labute approximate surface area is 150 Å². The summed E-state index contributed by atoms with van der Waals surface area (Å²) in [6.45, 7) is 0. The van der Waals surface area contributed by atoms with Crippen molar-refractivity contribution in [3.05, 3.63) is 72.7 Å². The van der Waals surface area contributed by atoms with Gasteiger partial charge < -0.3 is 9.47 Å². The Balaban J connectivity index is 1.87. The minimum absolute atomic E-state index is 0.180. The van der Waals surface area contributed by atoms with E-state index < -0.39 is 5.82 Å². The molecule has 1 aromatic heterocycles. The van der Waals surface area contributed by atoms with Gasteiger partial charge in [-0.05, 0) is 29.3 Å². The molecular weight excluding hydrogens is 331 g/mol. The van der Waals surface area contributed by atoms with Crippen molar-refractivity contribution >= 4 is 10.9 Å². The van der Waals surface area contributed by atoms with Crippen molar-refractivity contribution in [3.63, 3.8) is 0 Å². The van der Waals surface area contributed by atoms with Crippen molar-refractivity contribution < 1.29 is 13.9 Å². The first-order valence-electron chi connectivity index (χ1n) is 8.16.